The van der Waals surface area contributed by atoms with Gasteiger partial charge in [0.2, 0.25) is 0 Å². The number of hydrogen-bond acceptors (Lipinski definition) is 6. The largest absolute Gasteiger partial charge is 0.481 e. The summed E-state index contributed by atoms with van der Waals surface area (Å²) in [5.41, 5.74) is 1.12. The molecule has 0 bridgehead atoms. The first kappa shape index (κ1) is 44.6. The summed E-state index contributed by atoms with van der Waals surface area (Å²) >= 11 is 0. The Bertz CT molecular complexity index is 1760. The number of amides is 4. The van der Waals surface area contributed by atoms with Crippen LogP contribution in [0.4, 0.5) is 21.0 Å². The van der Waals surface area contributed by atoms with Gasteiger partial charge in [0.05, 0.1) is 60.7 Å². The lowest BCUT2D eigenvalue weighted by Crippen LogP contribution is -2.68. The molecule has 1 heterocycles. The lowest BCUT2D eigenvalue weighted by molar-refractivity contribution is -0.902. The minimum atomic E-state index is -1.20. The van der Waals surface area contributed by atoms with Crippen molar-refractivity contribution in [3.05, 3.63) is 84.4 Å². The second-order valence-corrected chi connectivity index (χ2v) is 17.2. The van der Waals surface area contributed by atoms with E-state index in [-0.39, 0.29) is 19.3 Å². The minimum absolute atomic E-state index is 0.112. The molecule has 310 valence electrons. The number of quaternary nitrogens is 2. The van der Waals surface area contributed by atoms with Gasteiger partial charge in [0.1, 0.15) is 30.1 Å². The second kappa shape index (κ2) is 20.9. The van der Waals surface area contributed by atoms with Gasteiger partial charge in [-0.15, -0.1) is 0 Å². The molecule has 1 saturated heterocycles. The van der Waals surface area contributed by atoms with Crippen molar-refractivity contribution >= 4 is 35.4 Å². The molecular weight excluding hydrogens is 725 g/mol. The van der Waals surface area contributed by atoms with Gasteiger partial charge < -0.3 is 44.8 Å². The number of esters is 1. The zero-order valence-electron chi connectivity index (χ0n) is 34.6. The first-order valence-corrected chi connectivity index (χ1v) is 20.1. The lowest BCUT2D eigenvalue weighted by atomic mass is 9.83. The van der Waals surface area contributed by atoms with Crippen LogP contribution in [0.15, 0.2) is 78.9 Å². The molecule has 57 heavy (non-hydrogen) atoms. The van der Waals surface area contributed by atoms with E-state index in [1.165, 1.54) is 37.7 Å². The smallest absolute Gasteiger partial charge is 0.319 e. The molecule has 0 radical (unpaired) electrons. The Labute approximate surface area is 338 Å². The summed E-state index contributed by atoms with van der Waals surface area (Å²) in [6.45, 7) is 3.38. The second-order valence-electron chi connectivity index (χ2n) is 17.2. The van der Waals surface area contributed by atoms with Crippen LogP contribution in [0.25, 0.3) is 0 Å². The molecule has 3 atom stereocenters. The number of aryl methyl sites for hydroxylation is 1. The Hall–Kier alpha value is -5.14. The van der Waals surface area contributed by atoms with Crippen molar-refractivity contribution in [1.82, 2.24) is 10.6 Å². The molecule has 13 heteroatoms. The fraction of sp³-hybridized carbons (Fsp3) is 0.500. The average Bonchev–Trinajstić information content (AvgIpc) is 3.09. The molecule has 0 spiro atoms. The number of carboxylic acids is 1. The standard InChI is InChI=1S/C44H62N6O7/c1-7-8-9-10-11-13-17-33-22-24-34(25-23-33)45-43(55)48-44(29-40(51)52)28-39(31-50(5,6)32-44)57-41(53)27-36(30-49(2,3)4)47-42(54)46-35-18-16-21-38(26-35)56-37-19-14-12-15-20-37/h12,14-16,18-26,36,39H,7-11,13,17,27-32H2,1-6H3,(H3-2,45,46,47,48,51,52,54,55)/p+2/t36-,39?,44?/m1/s1. The van der Waals surface area contributed by atoms with Gasteiger partial charge in [-0.25, -0.2) is 9.59 Å². The third-order valence-electron chi connectivity index (χ3n) is 9.83. The maximum Gasteiger partial charge on any atom is 0.319 e. The van der Waals surface area contributed by atoms with Crippen LogP contribution in [0.1, 0.15) is 70.3 Å². The number of anilines is 2. The van der Waals surface area contributed by atoms with Gasteiger partial charge in [0.15, 0.2) is 6.10 Å². The number of urea groups is 2. The van der Waals surface area contributed by atoms with Crippen molar-refractivity contribution in [3.8, 4) is 11.5 Å². The number of unbranched alkanes of at least 4 members (excludes halogenated alkanes) is 5. The maximum absolute atomic E-state index is 13.6. The van der Waals surface area contributed by atoms with Crippen LogP contribution in [-0.4, -0.2) is 111 Å². The Morgan fingerprint density at radius 1 is 0.842 bits per heavy atom. The molecule has 0 aliphatic carbocycles. The monoisotopic (exact) mass is 788 g/mol. The number of likely N-dealkylation sites (N-methyl/N-ethyl adjacent to an activating group) is 2. The average molecular weight is 789 g/mol. The highest BCUT2D eigenvalue weighted by Crippen LogP contribution is 2.30. The number of hydrogen-bond donors (Lipinski definition) is 5. The molecule has 3 aromatic carbocycles. The van der Waals surface area contributed by atoms with Crippen LogP contribution >= 0.6 is 0 Å². The van der Waals surface area contributed by atoms with Gasteiger partial charge in [0, 0.05) is 23.9 Å². The van der Waals surface area contributed by atoms with Gasteiger partial charge in [-0.1, -0.05) is 75.4 Å². The number of carboxylic acid groups (broad SMARTS) is 1. The number of carbonyl (C=O) groups is 4. The van der Waals surface area contributed by atoms with Crippen LogP contribution in [0.2, 0.25) is 0 Å². The molecule has 1 aliphatic heterocycles. The van der Waals surface area contributed by atoms with E-state index in [0.29, 0.717) is 51.5 Å². The van der Waals surface area contributed by atoms with E-state index in [1.807, 2.05) is 89.8 Å². The molecule has 2 unspecified atom stereocenters. The summed E-state index contributed by atoms with van der Waals surface area (Å²) in [6.07, 6.45) is 7.30. The van der Waals surface area contributed by atoms with E-state index in [2.05, 4.69) is 28.2 Å². The third kappa shape index (κ3) is 16.5. The van der Waals surface area contributed by atoms with Gasteiger partial charge >= 0.3 is 24.0 Å². The van der Waals surface area contributed by atoms with Gasteiger partial charge in [-0.2, -0.15) is 0 Å². The summed E-state index contributed by atoms with van der Waals surface area (Å²) in [5, 5.41) is 21.6. The Morgan fingerprint density at radius 3 is 2.19 bits per heavy atom. The van der Waals surface area contributed by atoms with Gasteiger partial charge in [-0.3, -0.25) is 9.59 Å². The Kier molecular flexibility index (Phi) is 16.3. The van der Waals surface area contributed by atoms with Crippen molar-refractivity contribution in [3.63, 3.8) is 0 Å². The summed E-state index contributed by atoms with van der Waals surface area (Å²) in [6, 6.07) is 22.5. The number of rotatable bonds is 20. The number of ether oxygens (including phenoxy) is 2. The first-order chi connectivity index (χ1) is 27.0. The summed E-state index contributed by atoms with van der Waals surface area (Å²) in [5.74, 6) is -0.386. The molecule has 4 amide bonds. The van der Waals surface area contributed by atoms with Crippen LogP contribution < -0.4 is 26.0 Å². The molecule has 3 aromatic rings. The van der Waals surface area contributed by atoms with Crippen LogP contribution in [0.5, 0.6) is 11.5 Å². The number of benzene rings is 3. The van der Waals surface area contributed by atoms with Crippen LogP contribution in [0, 0.1) is 0 Å². The number of aliphatic carboxylic acids is 1. The molecule has 5 N–H and O–H groups in total. The summed E-state index contributed by atoms with van der Waals surface area (Å²) < 4.78 is 12.7. The number of nitrogens with one attached hydrogen (secondary N) is 4. The fourth-order valence-corrected chi connectivity index (χ4v) is 7.77. The van der Waals surface area contributed by atoms with Crippen molar-refractivity contribution in [1.29, 1.82) is 0 Å². The Balaban J connectivity index is 1.37. The number of carbonyl (C=O) groups excluding carboxylic acids is 3. The van der Waals surface area contributed by atoms with E-state index < -0.39 is 41.7 Å². The van der Waals surface area contributed by atoms with Gasteiger partial charge in [-0.05, 0) is 54.8 Å². The highest BCUT2D eigenvalue weighted by molar-refractivity contribution is 5.91. The van der Waals surface area contributed by atoms with Crippen LogP contribution in [-0.2, 0) is 20.7 Å². The quantitative estimate of drug-likeness (QED) is 0.0454. The fourth-order valence-electron chi connectivity index (χ4n) is 7.77. The molecule has 13 nitrogen and oxygen atoms in total. The van der Waals surface area contributed by atoms with E-state index in [9.17, 15) is 24.3 Å². The number of likely N-dealkylation sites (tertiary alicyclic amines) is 1. The number of para-hydroxylation sites is 1. The molecule has 0 aromatic heterocycles. The molecule has 0 saturated carbocycles. The summed E-state index contributed by atoms with van der Waals surface area (Å²) in [7, 11) is 9.73. The highest BCUT2D eigenvalue weighted by atomic mass is 16.5. The predicted octanol–water partition coefficient (Wildman–Crippen LogP) is 7.40. The zero-order valence-corrected chi connectivity index (χ0v) is 34.6. The first-order valence-electron chi connectivity index (χ1n) is 20.1. The van der Waals surface area contributed by atoms with Crippen molar-refractivity contribution in [2.75, 3.05) is 65.5 Å². The Morgan fingerprint density at radius 2 is 1.51 bits per heavy atom. The van der Waals surface area contributed by atoms with E-state index in [1.54, 1.807) is 24.3 Å². The third-order valence-corrected chi connectivity index (χ3v) is 9.83. The molecule has 1 fully saturated rings. The van der Waals surface area contributed by atoms with E-state index in [4.69, 9.17) is 9.47 Å². The highest BCUT2D eigenvalue weighted by Gasteiger charge is 2.49. The number of nitrogens with zero attached hydrogens (tertiary/aromatic N) is 2. The van der Waals surface area contributed by atoms with Gasteiger partial charge in [0.25, 0.3) is 0 Å². The van der Waals surface area contributed by atoms with Crippen molar-refractivity contribution < 1.29 is 42.7 Å². The lowest BCUT2D eigenvalue weighted by Gasteiger charge is -2.48. The number of piperidine rings is 1. The molecule has 4 rings (SSSR count). The van der Waals surface area contributed by atoms with E-state index in [0.717, 1.165) is 12.8 Å². The normalized spacial score (nSPS) is 18.1. The van der Waals surface area contributed by atoms with Crippen molar-refractivity contribution in [2.45, 2.75) is 88.8 Å². The van der Waals surface area contributed by atoms with Crippen molar-refractivity contribution in [2.24, 2.45) is 0 Å². The van der Waals surface area contributed by atoms with E-state index >= 15 is 0 Å². The minimum Gasteiger partial charge on any atom is -0.481 e. The molecule has 1 aliphatic rings. The SMILES string of the molecule is CCCCCCCCc1ccc(NC(=O)NC2(CC(=O)O)CC(OC(=O)C[C@H](C[N+](C)(C)C)NC(=O)Nc3cccc(Oc4ccccc4)c3)C[N+](C)(C)C2)cc1. The zero-order chi connectivity index (χ0) is 41.5. The maximum atomic E-state index is 13.6. The van der Waals surface area contributed by atoms with Crippen LogP contribution in [0.3, 0.4) is 0 Å². The summed E-state index contributed by atoms with van der Waals surface area (Å²) in [4.78, 5) is 52.5. The predicted molar refractivity (Wildman–Crippen MR) is 223 cm³/mol. The molecular formula is C44H64N6O7+2. The topological polar surface area (TPSA) is 155 Å².